The van der Waals surface area contributed by atoms with E-state index in [9.17, 15) is 4.79 Å². The van der Waals surface area contributed by atoms with Gasteiger partial charge in [0, 0.05) is 36.6 Å². The molecule has 28 heavy (non-hydrogen) atoms. The Morgan fingerprint density at radius 1 is 1.04 bits per heavy atom. The Balaban J connectivity index is 1.30. The molecule has 1 saturated heterocycles. The van der Waals surface area contributed by atoms with Crippen LogP contribution in [0.2, 0.25) is 0 Å². The number of hydrogen-bond acceptors (Lipinski definition) is 5. The standard InChI is InChI=1S/C21H27N5OS/c27-19(25-13-3-5-15-4-1-2-6-18(15)25)14-28-21-24-23-20(26(21)17-7-8-17)16-9-11-22-12-10-16/h9-12,15,17-18H,1-8,13-14H2/t15-,18-/m0/s1. The Kier molecular flexibility index (Phi) is 5.09. The van der Waals surface area contributed by atoms with Gasteiger partial charge in [0.05, 0.1) is 5.75 Å². The highest BCUT2D eigenvalue weighted by molar-refractivity contribution is 7.99. The lowest BCUT2D eigenvalue weighted by atomic mass is 9.78. The van der Waals surface area contributed by atoms with Crippen LogP contribution in [-0.4, -0.2) is 48.9 Å². The zero-order valence-electron chi connectivity index (χ0n) is 16.2. The predicted octanol–water partition coefficient (Wildman–Crippen LogP) is 3.95. The van der Waals surface area contributed by atoms with Gasteiger partial charge in [0.1, 0.15) is 0 Å². The van der Waals surface area contributed by atoms with Gasteiger partial charge in [-0.05, 0) is 56.6 Å². The Morgan fingerprint density at radius 2 is 1.82 bits per heavy atom. The van der Waals surface area contributed by atoms with Gasteiger partial charge in [-0.1, -0.05) is 24.6 Å². The number of rotatable bonds is 5. The van der Waals surface area contributed by atoms with Crippen LogP contribution >= 0.6 is 11.8 Å². The van der Waals surface area contributed by atoms with Crippen molar-refractivity contribution in [1.82, 2.24) is 24.6 Å². The highest BCUT2D eigenvalue weighted by Crippen LogP contribution is 2.41. The average molecular weight is 398 g/mol. The Labute approximate surface area is 170 Å². The number of fused-ring (bicyclic) bond motifs is 1. The van der Waals surface area contributed by atoms with E-state index in [1.807, 2.05) is 12.1 Å². The van der Waals surface area contributed by atoms with E-state index in [4.69, 9.17) is 0 Å². The fourth-order valence-electron chi connectivity index (χ4n) is 4.88. The minimum absolute atomic E-state index is 0.275. The molecule has 0 unspecified atom stereocenters. The van der Waals surface area contributed by atoms with Gasteiger partial charge in [0.15, 0.2) is 11.0 Å². The second kappa shape index (κ2) is 7.85. The third kappa shape index (κ3) is 3.56. The Bertz CT molecular complexity index is 833. The zero-order valence-corrected chi connectivity index (χ0v) is 17.0. The smallest absolute Gasteiger partial charge is 0.233 e. The number of nitrogens with zero attached hydrogens (tertiary/aromatic N) is 5. The molecule has 2 aromatic rings. The topological polar surface area (TPSA) is 63.9 Å². The molecular formula is C21H27N5OS. The minimum Gasteiger partial charge on any atom is -0.339 e. The van der Waals surface area contributed by atoms with Crippen molar-refractivity contribution in [2.45, 2.75) is 68.6 Å². The van der Waals surface area contributed by atoms with Crippen LogP contribution in [0, 0.1) is 5.92 Å². The number of likely N-dealkylation sites (tertiary alicyclic amines) is 1. The lowest BCUT2D eigenvalue weighted by Crippen LogP contribution is -2.50. The van der Waals surface area contributed by atoms with Crippen molar-refractivity contribution in [2.75, 3.05) is 12.3 Å². The summed E-state index contributed by atoms with van der Waals surface area (Å²) in [5, 5.41) is 9.76. The van der Waals surface area contributed by atoms with Crippen molar-refractivity contribution >= 4 is 17.7 Å². The van der Waals surface area contributed by atoms with Crippen molar-refractivity contribution in [3.8, 4) is 11.4 Å². The molecule has 1 amide bonds. The lowest BCUT2D eigenvalue weighted by Gasteiger charge is -2.44. The monoisotopic (exact) mass is 397 g/mol. The van der Waals surface area contributed by atoms with Gasteiger partial charge in [-0.25, -0.2) is 0 Å². The van der Waals surface area contributed by atoms with Crippen molar-refractivity contribution in [3.05, 3.63) is 24.5 Å². The van der Waals surface area contributed by atoms with Gasteiger partial charge >= 0.3 is 0 Å². The van der Waals surface area contributed by atoms with E-state index >= 15 is 0 Å². The molecule has 3 heterocycles. The van der Waals surface area contributed by atoms with E-state index in [1.54, 1.807) is 24.2 Å². The molecule has 148 valence electrons. The quantitative estimate of drug-likeness (QED) is 0.715. The molecule has 7 heteroatoms. The molecule has 0 bridgehead atoms. The fraction of sp³-hybridized carbons (Fsp3) is 0.619. The van der Waals surface area contributed by atoms with E-state index in [0.29, 0.717) is 17.8 Å². The zero-order chi connectivity index (χ0) is 18.9. The van der Waals surface area contributed by atoms with Crippen LogP contribution < -0.4 is 0 Å². The molecular weight excluding hydrogens is 370 g/mol. The summed E-state index contributed by atoms with van der Waals surface area (Å²) in [5.41, 5.74) is 1.04. The van der Waals surface area contributed by atoms with Crippen LogP contribution in [0.1, 0.15) is 57.4 Å². The van der Waals surface area contributed by atoms with Gasteiger partial charge < -0.3 is 4.90 Å². The van der Waals surface area contributed by atoms with Gasteiger partial charge in [-0.15, -0.1) is 10.2 Å². The van der Waals surface area contributed by atoms with Gasteiger partial charge in [-0.2, -0.15) is 0 Å². The van der Waals surface area contributed by atoms with E-state index in [0.717, 1.165) is 48.3 Å². The lowest BCUT2D eigenvalue weighted by molar-refractivity contribution is -0.134. The minimum atomic E-state index is 0.275. The maximum Gasteiger partial charge on any atom is 0.233 e. The molecule has 2 aromatic heterocycles. The first-order valence-electron chi connectivity index (χ1n) is 10.6. The molecule has 2 saturated carbocycles. The molecule has 0 spiro atoms. The van der Waals surface area contributed by atoms with E-state index in [1.165, 1.54) is 32.1 Å². The summed E-state index contributed by atoms with van der Waals surface area (Å²) in [6.07, 6.45) is 13.4. The Morgan fingerprint density at radius 3 is 2.64 bits per heavy atom. The van der Waals surface area contributed by atoms with Crippen LogP contribution in [0.4, 0.5) is 0 Å². The van der Waals surface area contributed by atoms with Crippen molar-refractivity contribution in [1.29, 1.82) is 0 Å². The van der Waals surface area contributed by atoms with Crippen molar-refractivity contribution in [2.24, 2.45) is 5.92 Å². The van der Waals surface area contributed by atoms with Gasteiger partial charge in [-0.3, -0.25) is 14.3 Å². The summed E-state index contributed by atoms with van der Waals surface area (Å²) in [6.45, 7) is 0.929. The SMILES string of the molecule is O=C(CSc1nnc(-c2ccncc2)n1C1CC1)N1CCC[C@@H]2CCCC[C@@H]21. The fourth-order valence-corrected chi connectivity index (χ4v) is 5.77. The van der Waals surface area contributed by atoms with E-state index in [2.05, 4.69) is 24.6 Å². The molecule has 6 nitrogen and oxygen atoms in total. The number of hydrogen-bond donors (Lipinski definition) is 0. The number of thioether (sulfide) groups is 1. The summed E-state index contributed by atoms with van der Waals surface area (Å²) >= 11 is 1.55. The Hall–Kier alpha value is -1.89. The van der Waals surface area contributed by atoms with Crippen LogP contribution in [0.15, 0.2) is 29.7 Å². The maximum atomic E-state index is 13.0. The predicted molar refractivity (Wildman–Crippen MR) is 109 cm³/mol. The number of amides is 1. The third-order valence-corrected chi connectivity index (χ3v) is 7.33. The molecule has 2 aliphatic carbocycles. The second-order valence-corrected chi connectivity index (χ2v) is 9.22. The van der Waals surface area contributed by atoms with Gasteiger partial charge in [0.2, 0.25) is 5.91 Å². The third-order valence-electron chi connectivity index (χ3n) is 6.40. The second-order valence-electron chi connectivity index (χ2n) is 8.27. The molecule has 1 aliphatic heterocycles. The summed E-state index contributed by atoms with van der Waals surface area (Å²) < 4.78 is 2.23. The van der Waals surface area contributed by atoms with Crippen LogP contribution in [-0.2, 0) is 4.79 Å². The summed E-state index contributed by atoms with van der Waals surface area (Å²) in [4.78, 5) is 19.3. The van der Waals surface area contributed by atoms with Crippen LogP contribution in [0.3, 0.4) is 0 Å². The molecule has 2 atom stereocenters. The van der Waals surface area contributed by atoms with Crippen LogP contribution in [0.25, 0.3) is 11.4 Å². The molecule has 0 N–H and O–H groups in total. The normalized spacial score (nSPS) is 24.8. The first kappa shape index (κ1) is 18.2. The number of piperidine rings is 1. The average Bonchev–Trinajstić information content (AvgIpc) is 3.51. The molecule has 0 aromatic carbocycles. The molecule has 3 aliphatic rings. The highest BCUT2D eigenvalue weighted by Gasteiger charge is 2.36. The number of carbonyl (C=O) groups is 1. The summed E-state index contributed by atoms with van der Waals surface area (Å²) in [6, 6.07) is 4.89. The summed E-state index contributed by atoms with van der Waals surface area (Å²) in [7, 11) is 0. The van der Waals surface area contributed by atoms with Gasteiger partial charge in [0.25, 0.3) is 0 Å². The van der Waals surface area contributed by atoms with Crippen molar-refractivity contribution < 1.29 is 4.79 Å². The number of carbonyl (C=O) groups excluding carboxylic acids is 1. The molecule has 3 fully saturated rings. The van der Waals surface area contributed by atoms with E-state index in [-0.39, 0.29) is 5.91 Å². The van der Waals surface area contributed by atoms with E-state index < -0.39 is 0 Å². The first-order chi connectivity index (χ1) is 13.8. The highest BCUT2D eigenvalue weighted by atomic mass is 32.2. The first-order valence-corrected chi connectivity index (χ1v) is 11.6. The number of aromatic nitrogens is 4. The summed E-state index contributed by atoms with van der Waals surface area (Å²) in [5.74, 6) is 2.36. The molecule has 0 radical (unpaired) electrons. The number of pyridine rings is 1. The largest absolute Gasteiger partial charge is 0.339 e. The van der Waals surface area contributed by atoms with Crippen molar-refractivity contribution in [3.63, 3.8) is 0 Å². The maximum absolute atomic E-state index is 13.0. The van der Waals surface area contributed by atoms with Crippen LogP contribution in [0.5, 0.6) is 0 Å². The molecule has 5 rings (SSSR count).